The first kappa shape index (κ1) is 15.1. The second-order valence-corrected chi connectivity index (χ2v) is 6.22. The number of H-pyrrole nitrogens is 1. The van der Waals surface area contributed by atoms with Crippen LogP contribution in [0.4, 0.5) is 0 Å². The maximum Gasteiger partial charge on any atom is 0.254 e. The first-order valence-corrected chi connectivity index (χ1v) is 8.30. The number of benzene rings is 1. The Kier molecular flexibility index (Phi) is 3.90. The van der Waals surface area contributed by atoms with Crippen LogP contribution in [0.3, 0.4) is 0 Å². The van der Waals surface area contributed by atoms with E-state index in [2.05, 4.69) is 9.97 Å². The van der Waals surface area contributed by atoms with Gasteiger partial charge in [0.05, 0.1) is 12.2 Å². The molecule has 0 spiro atoms. The lowest BCUT2D eigenvalue weighted by Gasteiger charge is -2.29. The van der Waals surface area contributed by atoms with Crippen LogP contribution in [0.1, 0.15) is 24.1 Å². The average Bonchev–Trinajstić information content (AvgIpc) is 3.16. The molecule has 1 amide bonds. The van der Waals surface area contributed by atoms with Crippen LogP contribution in [0.2, 0.25) is 0 Å². The van der Waals surface area contributed by atoms with Gasteiger partial charge in [0.25, 0.3) is 11.5 Å². The van der Waals surface area contributed by atoms with Gasteiger partial charge in [-0.25, -0.2) is 4.98 Å². The minimum atomic E-state index is -0.331. The lowest BCUT2D eigenvalue weighted by Crippen LogP contribution is -2.43. The number of amides is 1. The fraction of sp³-hybridized carbons (Fsp3) is 0.389. The summed E-state index contributed by atoms with van der Waals surface area (Å²) in [6.45, 7) is 1.57. The van der Waals surface area contributed by atoms with Crippen LogP contribution >= 0.6 is 0 Å². The molecule has 4 rings (SSSR count). The molecule has 0 saturated carbocycles. The Bertz CT molecular complexity index is 810. The van der Waals surface area contributed by atoms with E-state index in [9.17, 15) is 9.59 Å². The zero-order valence-electron chi connectivity index (χ0n) is 13.3. The lowest BCUT2D eigenvalue weighted by molar-refractivity contribution is -0.141. The van der Waals surface area contributed by atoms with Crippen LogP contribution < -0.4 is 5.56 Å². The van der Waals surface area contributed by atoms with Gasteiger partial charge in [-0.15, -0.1) is 0 Å². The molecule has 3 heterocycles. The first-order chi connectivity index (χ1) is 11.7. The molecule has 1 atom stereocenters. The van der Waals surface area contributed by atoms with Gasteiger partial charge in [-0.1, -0.05) is 30.3 Å². The SMILES string of the molecule is O=C([C@H]1CCCO1)N1CCc2c(nc(-c3ccccc3)[nH]c2=O)C1. The number of nitrogens with one attached hydrogen (secondary N) is 1. The summed E-state index contributed by atoms with van der Waals surface area (Å²) in [5.41, 5.74) is 2.13. The molecule has 0 aliphatic carbocycles. The molecule has 2 aliphatic heterocycles. The number of fused-ring (bicyclic) bond motifs is 1. The number of aromatic amines is 1. The van der Waals surface area contributed by atoms with E-state index in [1.807, 2.05) is 30.3 Å². The van der Waals surface area contributed by atoms with Crippen LogP contribution in [0.15, 0.2) is 35.1 Å². The van der Waals surface area contributed by atoms with Gasteiger partial charge in [0.1, 0.15) is 11.9 Å². The third-order valence-corrected chi connectivity index (χ3v) is 4.64. The van der Waals surface area contributed by atoms with Gasteiger partial charge in [0.2, 0.25) is 0 Å². The Balaban J connectivity index is 1.63. The number of hydrogen-bond donors (Lipinski definition) is 1. The van der Waals surface area contributed by atoms with Crippen molar-refractivity contribution >= 4 is 5.91 Å². The number of hydrogen-bond acceptors (Lipinski definition) is 4. The normalized spacial score (nSPS) is 20.0. The third kappa shape index (κ3) is 2.73. The molecule has 0 radical (unpaired) electrons. The van der Waals surface area contributed by atoms with E-state index < -0.39 is 0 Å². The Labute approximate surface area is 139 Å². The molecular formula is C18H19N3O3. The summed E-state index contributed by atoms with van der Waals surface area (Å²) in [6.07, 6.45) is 1.91. The predicted molar refractivity (Wildman–Crippen MR) is 88.4 cm³/mol. The maximum absolute atomic E-state index is 12.5. The Morgan fingerprint density at radius 3 is 2.88 bits per heavy atom. The van der Waals surface area contributed by atoms with Crippen molar-refractivity contribution < 1.29 is 9.53 Å². The lowest BCUT2D eigenvalue weighted by atomic mass is 10.0. The predicted octanol–water partition coefficient (Wildman–Crippen LogP) is 1.50. The quantitative estimate of drug-likeness (QED) is 0.908. The zero-order valence-corrected chi connectivity index (χ0v) is 13.3. The summed E-state index contributed by atoms with van der Waals surface area (Å²) in [7, 11) is 0. The highest BCUT2D eigenvalue weighted by atomic mass is 16.5. The molecule has 6 heteroatoms. The molecule has 2 aliphatic rings. The molecular weight excluding hydrogens is 306 g/mol. The van der Waals surface area contributed by atoms with E-state index in [0.29, 0.717) is 43.2 Å². The first-order valence-electron chi connectivity index (χ1n) is 8.30. The number of rotatable bonds is 2. The second kappa shape index (κ2) is 6.20. The van der Waals surface area contributed by atoms with Gasteiger partial charge >= 0.3 is 0 Å². The van der Waals surface area contributed by atoms with Crippen molar-refractivity contribution in [2.45, 2.75) is 31.9 Å². The number of ether oxygens (including phenoxy) is 1. The van der Waals surface area contributed by atoms with Crippen molar-refractivity contribution in [1.29, 1.82) is 0 Å². The van der Waals surface area contributed by atoms with Crippen LogP contribution in [0, 0.1) is 0 Å². The van der Waals surface area contributed by atoms with Crippen LogP contribution in [0.5, 0.6) is 0 Å². The zero-order chi connectivity index (χ0) is 16.5. The Morgan fingerprint density at radius 2 is 2.12 bits per heavy atom. The Morgan fingerprint density at radius 1 is 1.29 bits per heavy atom. The van der Waals surface area contributed by atoms with E-state index in [1.54, 1.807) is 4.90 Å². The maximum atomic E-state index is 12.5. The monoisotopic (exact) mass is 325 g/mol. The molecule has 124 valence electrons. The summed E-state index contributed by atoms with van der Waals surface area (Å²) in [6, 6.07) is 9.54. The van der Waals surface area contributed by atoms with Crippen molar-refractivity contribution in [3.05, 3.63) is 51.9 Å². The molecule has 1 saturated heterocycles. The van der Waals surface area contributed by atoms with Gasteiger partial charge in [-0.3, -0.25) is 9.59 Å². The van der Waals surface area contributed by atoms with E-state index >= 15 is 0 Å². The molecule has 0 unspecified atom stereocenters. The van der Waals surface area contributed by atoms with E-state index in [4.69, 9.17) is 4.74 Å². The summed E-state index contributed by atoms with van der Waals surface area (Å²) in [4.78, 5) is 34.1. The Hall–Kier alpha value is -2.47. The second-order valence-electron chi connectivity index (χ2n) is 6.22. The highest BCUT2D eigenvalue weighted by Crippen LogP contribution is 2.21. The van der Waals surface area contributed by atoms with Crippen molar-refractivity contribution in [2.24, 2.45) is 0 Å². The largest absolute Gasteiger partial charge is 0.368 e. The van der Waals surface area contributed by atoms with Gasteiger partial charge in [0, 0.05) is 24.3 Å². The topological polar surface area (TPSA) is 75.3 Å². The average molecular weight is 325 g/mol. The minimum Gasteiger partial charge on any atom is -0.368 e. The number of carbonyl (C=O) groups is 1. The molecule has 1 aromatic carbocycles. The van der Waals surface area contributed by atoms with E-state index in [-0.39, 0.29) is 17.6 Å². The van der Waals surface area contributed by atoms with E-state index in [1.165, 1.54) is 0 Å². The molecule has 2 aromatic rings. The van der Waals surface area contributed by atoms with Gasteiger partial charge in [0.15, 0.2) is 0 Å². The number of carbonyl (C=O) groups excluding carboxylic acids is 1. The number of nitrogens with zero attached hydrogens (tertiary/aromatic N) is 2. The molecule has 24 heavy (non-hydrogen) atoms. The highest BCUT2D eigenvalue weighted by molar-refractivity contribution is 5.81. The van der Waals surface area contributed by atoms with Crippen molar-refractivity contribution in [3.8, 4) is 11.4 Å². The van der Waals surface area contributed by atoms with Crippen LogP contribution in [0.25, 0.3) is 11.4 Å². The summed E-state index contributed by atoms with van der Waals surface area (Å²) in [5.74, 6) is 0.562. The van der Waals surface area contributed by atoms with Crippen LogP contribution in [-0.2, 0) is 22.5 Å². The fourth-order valence-electron chi connectivity index (χ4n) is 3.34. The van der Waals surface area contributed by atoms with E-state index in [0.717, 1.165) is 18.4 Å². The van der Waals surface area contributed by atoms with Crippen molar-refractivity contribution in [3.63, 3.8) is 0 Å². The van der Waals surface area contributed by atoms with Gasteiger partial charge in [-0.2, -0.15) is 0 Å². The summed E-state index contributed by atoms with van der Waals surface area (Å²) in [5, 5.41) is 0. The smallest absolute Gasteiger partial charge is 0.254 e. The third-order valence-electron chi connectivity index (χ3n) is 4.64. The number of aromatic nitrogens is 2. The molecule has 1 fully saturated rings. The summed E-state index contributed by atoms with van der Waals surface area (Å²) < 4.78 is 5.49. The summed E-state index contributed by atoms with van der Waals surface area (Å²) >= 11 is 0. The minimum absolute atomic E-state index is 0.0153. The standard InChI is InChI=1S/C18H19N3O3/c22-17-13-8-9-21(18(23)15-7-4-10-24-15)11-14(13)19-16(20-17)12-5-2-1-3-6-12/h1-3,5-6,15H,4,7-11H2,(H,19,20,22)/t15-/m1/s1. The van der Waals surface area contributed by atoms with Crippen LogP contribution in [-0.4, -0.2) is 40.0 Å². The van der Waals surface area contributed by atoms with Gasteiger partial charge < -0.3 is 14.6 Å². The van der Waals surface area contributed by atoms with Gasteiger partial charge in [-0.05, 0) is 19.3 Å². The molecule has 0 bridgehead atoms. The van der Waals surface area contributed by atoms with Crippen molar-refractivity contribution in [2.75, 3.05) is 13.2 Å². The molecule has 1 N–H and O–H groups in total. The highest BCUT2D eigenvalue weighted by Gasteiger charge is 2.31. The molecule has 6 nitrogen and oxygen atoms in total. The van der Waals surface area contributed by atoms with Crippen molar-refractivity contribution in [1.82, 2.24) is 14.9 Å². The fourth-order valence-corrected chi connectivity index (χ4v) is 3.34. The molecule has 1 aromatic heterocycles.